The van der Waals surface area contributed by atoms with Gasteiger partial charge in [-0.25, -0.2) is 0 Å². The van der Waals surface area contributed by atoms with Crippen molar-refractivity contribution in [2.75, 3.05) is 6.61 Å². The van der Waals surface area contributed by atoms with Crippen LogP contribution < -0.4 is 0 Å². The van der Waals surface area contributed by atoms with E-state index in [1.54, 1.807) is 0 Å². The Morgan fingerprint density at radius 1 is 1.25 bits per heavy atom. The number of unbranched alkanes of at least 4 members (excludes halogenated alkanes) is 1. The van der Waals surface area contributed by atoms with Crippen molar-refractivity contribution in [1.29, 1.82) is 0 Å². The van der Waals surface area contributed by atoms with Gasteiger partial charge in [0.1, 0.15) is 0 Å². The lowest BCUT2D eigenvalue weighted by Gasteiger charge is -2.22. The maximum Gasteiger partial charge on any atom is 0.0970 e. The molecule has 0 aromatic carbocycles. The minimum atomic E-state index is -0.416. The van der Waals surface area contributed by atoms with Gasteiger partial charge < -0.3 is 9.84 Å². The summed E-state index contributed by atoms with van der Waals surface area (Å²) in [7, 11) is 0. The summed E-state index contributed by atoms with van der Waals surface area (Å²) in [6, 6.07) is 0. The highest BCUT2D eigenvalue weighted by molar-refractivity contribution is 5.18. The third-order valence-electron chi connectivity index (χ3n) is 3.15. The summed E-state index contributed by atoms with van der Waals surface area (Å²) in [5.41, 5.74) is -0.511. The third kappa shape index (κ3) is 1.27. The van der Waals surface area contributed by atoms with Crippen LogP contribution in [0.4, 0.5) is 0 Å². The van der Waals surface area contributed by atoms with E-state index < -0.39 is 5.60 Å². The molecular weight excluding hydrogens is 152 g/mol. The highest BCUT2D eigenvalue weighted by Gasteiger charge is 2.66. The second-order valence-electron chi connectivity index (χ2n) is 4.23. The third-order valence-corrected chi connectivity index (χ3v) is 3.15. The molecule has 2 saturated carbocycles. The zero-order valence-electron chi connectivity index (χ0n) is 7.81. The van der Waals surface area contributed by atoms with Crippen LogP contribution >= 0.6 is 0 Å². The van der Waals surface area contributed by atoms with Crippen LogP contribution in [0.1, 0.15) is 45.4 Å². The number of hydrogen-bond acceptors (Lipinski definition) is 2. The SMILES string of the molecule is CCCCOC1(C2(O)CC2)CC1. The molecule has 0 aromatic rings. The molecule has 0 unspecified atom stereocenters. The van der Waals surface area contributed by atoms with Crippen LogP contribution in [0.5, 0.6) is 0 Å². The molecule has 2 aliphatic rings. The lowest BCUT2D eigenvalue weighted by molar-refractivity contribution is -0.0730. The smallest absolute Gasteiger partial charge is 0.0970 e. The van der Waals surface area contributed by atoms with Gasteiger partial charge in [0.05, 0.1) is 11.2 Å². The first kappa shape index (κ1) is 8.52. The Hall–Kier alpha value is -0.0800. The number of aliphatic hydroxyl groups is 1. The van der Waals surface area contributed by atoms with Gasteiger partial charge in [0.15, 0.2) is 0 Å². The largest absolute Gasteiger partial charge is 0.387 e. The minimum absolute atomic E-state index is 0.0951. The van der Waals surface area contributed by atoms with Gasteiger partial charge in [-0.2, -0.15) is 0 Å². The van der Waals surface area contributed by atoms with Crippen molar-refractivity contribution in [2.45, 2.75) is 56.7 Å². The van der Waals surface area contributed by atoms with Crippen molar-refractivity contribution in [3.05, 3.63) is 0 Å². The number of hydrogen-bond donors (Lipinski definition) is 1. The van der Waals surface area contributed by atoms with Crippen LogP contribution in [0.2, 0.25) is 0 Å². The first-order valence-electron chi connectivity index (χ1n) is 5.09. The predicted molar refractivity (Wildman–Crippen MR) is 47.0 cm³/mol. The van der Waals surface area contributed by atoms with Gasteiger partial charge in [0, 0.05) is 6.61 Å². The fraction of sp³-hybridized carbons (Fsp3) is 1.00. The minimum Gasteiger partial charge on any atom is -0.387 e. The molecule has 0 bridgehead atoms. The van der Waals surface area contributed by atoms with E-state index in [0.717, 1.165) is 38.7 Å². The monoisotopic (exact) mass is 170 g/mol. The lowest BCUT2D eigenvalue weighted by Crippen LogP contribution is -2.33. The lowest BCUT2D eigenvalue weighted by atomic mass is 10.1. The standard InChI is InChI=1S/C10H18O2/c1-2-3-8-12-10(6-7-10)9(11)4-5-9/h11H,2-8H2,1H3. The van der Waals surface area contributed by atoms with E-state index in [4.69, 9.17) is 4.74 Å². The van der Waals surface area contributed by atoms with Crippen LogP contribution in [-0.2, 0) is 4.74 Å². The molecule has 1 N–H and O–H groups in total. The fourth-order valence-corrected chi connectivity index (χ4v) is 1.84. The van der Waals surface area contributed by atoms with Crippen molar-refractivity contribution in [2.24, 2.45) is 0 Å². The van der Waals surface area contributed by atoms with E-state index in [0.29, 0.717) is 0 Å². The molecule has 2 heteroatoms. The van der Waals surface area contributed by atoms with Gasteiger partial charge in [-0.1, -0.05) is 13.3 Å². The summed E-state index contributed by atoms with van der Waals surface area (Å²) in [4.78, 5) is 0. The molecule has 0 amide bonds. The first-order valence-corrected chi connectivity index (χ1v) is 5.09. The second-order valence-corrected chi connectivity index (χ2v) is 4.23. The van der Waals surface area contributed by atoms with Crippen LogP contribution in [0.3, 0.4) is 0 Å². The van der Waals surface area contributed by atoms with Crippen molar-refractivity contribution >= 4 is 0 Å². The number of rotatable bonds is 5. The molecule has 0 aromatic heterocycles. The fourth-order valence-electron chi connectivity index (χ4n) is 1.84. The zero-order chi connectivity index (χ0) is 8.66. The molecule has 0 saturated heterocycles. The molecule has 2 nitrogen and oxygen atoms in total. The van der Waals surface area contributed by atoms with Crippen molar-refractivity contribution in [3.63, 3.8) is 0 Å². The van der Waals surface area contributed by atoms with Gasteiger partial charge in [0.2, 0.25) is 0 Å². The van der Waals surface area contributed by atoms with E-state index >= 15 is 0 Å². The van der Waals surface area contributed by atoms with E-state index in [2.05, 4.69) is 6.92 Å². The Labute approximate surface area is 73.9 Å². The van der Waals surface area contributed by atoms with Gasteiger partial charge in [-0.05, 0) is 32.1 Å². The van der Waals surface area contributed by atoms with Crippen molar-refractivity contribution < 1.29 is 9.84 Å². The van der Waals surface area contributed by atoms with Crippen LogP contribution in [-0.4, -0.2) is 22.9 Å². The first-order chi connectivity index (χ1) is 5.72. The molecule has 12 heavy (non-hydrogen) atoms. The Bertz CT molecular complexity index is 169. The Morgan fingerprint density at radius 3 is 2.33 bits per heavy atom. The topological polar surface area (TPSA) is 29.5 Å². The highest BCUT2D eigenvalue weighted by atomic mass is 16.5. The molecule has 2 fully saturated rings. The summed E-state index contributed by atoms with van der Waals surface area (Å²) in [6.45, 7) is 2.99. The van der Waals surface area contributed by atoms with E-state index in [9.17, 15) is 5.11 Å². The van der Waals surface area contributed by atoms with Crippen molar-refractivity contribution in [1.82, 2.24) is 0 Å². The van der Waals surface area contributed by atoms with E-state index in [1.807, 2.05) is 0 Å². The molecule has 0 atom stereocenters. The van der Waals surface area contributed by atoms with Crippen LogP contribution in [0, 0.1) is 0 Å². The summed E-state index contributed by atoms with van der Waals surface area (Å²) in [6.07, 6.45) is 6.37. The number of ether oxygens (including phenoxy) is 1. The average Bonchev–Trinajstić information content (AvgIpc) is 2.88. The molecule has 0 aliphatic heterocycles. The predicted octanol–water partition coefficient (Wildman–Crippen LogP) is 1.86. The molecule has 0 radical (unpaired) electrons. The molecule has 2 aliphatic carbocycles. The maximum absolute atomic E-state index is 9.89. The second kappa shape index (κ2) is 2.71. The van der Waals surface area contributed by atoms with Gasteiger partial charge >= 0.3 is 0 Å². The Kier molecular flexibility index (Phi) is 1.92. The summed E-state index contributed by atoms with van der Waals surface area (Å²) >= 11 is 0. The van der Waals surface area contributed by atoms with Crippen LogP contribution in [0.25, 0.3) is 0 Å². The van der Waals surface area contributed by atoms with E-state index in [1.165, 1.54) is 6.42 Å². The van der Waals surface area contributed by atoms with Crippen molar-refractivity contribution in [3.8, 4) is 0 Å². The average molecular weight is 170 g/mol. The molecular formula is C10H18O2. The Morgan fingerprint density at radius 2 is 1.92 bits per heavy atom. The summed E-state index contributed by atoms with van der Waals surface area (Å²) < 4.78 is 5.76. The van der Waals surface area contributed by atoms with Gasteiger partial charge in [-0.15, -0.1) is 0 Å². The molecule has 2 rings (SSSR count). The normalized spacial score (nSPS) is 28.5. The molecule has 0 heterocycles. The van der Waals surface area contributed by atoms with Crippen LogP contribution in [0.15, 0.2) is 0 Å². The molecule has 0 spiro atoms. The summed E-state index contributed by atoms with van der Waals surface area (Å²) in [5.74, 6) is 0. The summed E-state index contributed by atoms with van der Waals surface area (Å²) in [5, 5.41) is 9.89. The zero-order valence-corrected chi connectivity index (χ0v) is 7.81. The quantitative estimate of drug-likeness (QED) is 0.638. The van der Waals surface area contributed by atoms with Gasteiger partial charge in [-0.3, -0.25) is 0 Å². The highest BCUT2D eigenvalue weighted by Crippen LogP contribution is 2.59. The van der Waals surface area contributed by atoms with E-state index in [-0.39, 0.29) is 5.60 Å². The Balaban J connectivity index is 1.78. The maximum atomic E-state index is 9.89. The van der Waals surface area contributed by atoms with Gasteiger partial charge in [0.25, 0.3) is 0 Å². The molecule has 70 valence electrons.